The Labute approximate surface area is 203 Å². The van der Waals surface area contributed by atoms with Crippen LogP contribution < -0.4 is 16.4 Å². The van der Waals surface area contributed by atoms with Gasteiger partial charge in [-0.3, -0.25) is 30.0 Å². The third kappa shape index (κ3) is 4.66. The Morgan fingerprint density at radius 2 is 1.57 bits per heavy atom. The highest BCUT2D eigenvalue weighted by Gasteiger charge is 2.43. The maximum Gasteiger partial charge on any atom is 0.290 e. The van der Waals surface area contributed by atoms with E-state index in [4.69, 9.17) is 0 Å². The van der Waals surface area contributed by atoms with Crippen molar-refractivity contribution in [3.05, 3.63) is 76.2 Å². The number of piperidine rings is 1. The zero-order chi connectivity index (χ0) is 25.0. The van der Waals surface area contributed by atoms with Crippen LogP contribution in [-0.4, -0.2) is 45.5 Å². The van der Waals surface area contributed by atoms with Gasteiger partial charge in [-0.1, -0.05) is 55.5 Å². The van der Waals surface area contributed by atoms with Gasteiger partial charge >= 0.3 is 0 Å². The number of amides is 3. The summed E-state index contributed by atoms with van der Waals surface area (Å²) in [6.45, 7) is 4.70. The van der Waals surface area contributed by atoms with Crippen LogP contribution >= 0.6 is 0 Å². The molecule has 3 amide bonds. The van der Waals surface area contributed by atoms with Gasteiger partial charge in [-0.05, 0) is 30.9 Å². The van der Waals surface area contributed by atoms with Crippen molar-refractivity contribution in [1.82, 2.24) is 25.5 Å². The van der Waals surface area contributed by atoms with Crippen LogP contribution in [0.25, 0.3) is 10.8 Å². The maximum atomic E-state index is 13.5. The molecule has 0 bridgehead atoms. The normalized spacial score (nSPS) is 15.0. The zero-order valence-corrected chi connectivity index (χ0v) is 19.9. The molecule has 1 fully saturated rings. The van der Waals surface area contributed by atoms with Gasteiger partial charge in [0, 0.05) is 31.9 Å². The first-order valence-corrected chi connectivity index (χ1v) is 11.8. The third-order valence-electron chi connectivity index (χ3n) is 6.63. The highest BCUT2D eigenvalue weighted by Crippen LogP contribution is 2.35. The number of benzene rings is 2. The minimum atomic E-state index is -0.892. The second-order valence-corrected chi connectivity index (χ2v) is 8.78. The van der Waals surface area contributed by atoms with Crippen LogP contribution in [0.4, 0.5) is 0 Å². The summed E-state index contributed by atoms with van der Waals surface area (Å²) in [6, 6.07) is 16.2. The van der Waals surface area contributed by atoms with Gasteiger partial charge in [-0.2, -0.15) is 5.10 Å². The van der Waals surface area contributed by atoms with Gasteiger partial charge in [0.1, 0.15) is 0 Å². The average Bonchev–Trinajstić information content (AvgIpc) is 2.89. The van der Waals surface area contributed by atoms with Gasteiger partial charge in [0.05, 0.1) is 10.8 Å². The molecule has 2 heterocycles. The van der Waals surface area contributed by atoms with Crippen LogP contribution in [0.1, 0.15) is 49.2 Å². The van der Waals surface area contributed by atoms with Crippen molar-refractivity contribution in [2.24, 2.45) is 0 Å². The summed E-state index contributed by atoms with van der Waals surface area (Å²) in [5.41, 5.74) is 4.84. The molecule has 1 saturated heterocycles. The van der Waals surface area contributed by atoms with Gasteiger partial charge < -0.3 is 4.90 Å². The van der Waals surface area contributed by atoms with Crippen molar-refractivity contribution >= 4 is 28.5 Å². The van der Waals surface area contributed by atoms with Gasteiger partial charge in [-0.25, -0.2) is 4.68 Å². The van der Waals surface area contributed by atoms with E-state index in [1.807, 2.05) is 37.3 Å². The second-order valence-electron chi connectivity index (χ2n) is 8.78. The van der Waals surface area contributed by atoms with Crippen molar-refractivity contribution < 1.29 is 14.4 Å². The molecule has 1 aliphatic rings. The number of rotatable bonds is 5. The van der Waals surface area contributed by atoms with Crippen LogP contribution in [-0.2, 0) is 21.5 Å². The molecular weight excluding hydrogens is 446 g/mol. The van der Waals surface area contributed by atoms with Gasteiger partial charge in [0.15, 0.2) is 5.69 Å². The van der Waals surface area contributed by atoms with Crippen molar-refractivity contribution in [2.45, 2.75) is 45.1 Å². The molecule has 0 aliphatic carbocycles. The van der Waals surface area contributed by atoms with Crippen molar-refractivity contribution in [3.63, 3.8) is 0 Å². The number of nitrogens with one attached hydrogen (secondary N) is 2. The van der Waals surface area contributed by atoms with Crippen molar-refractivity contribution in [3.8, 4) is 0 Å². The number of carbonyl (C=O) groups excluding carboxylic acids is 3. The molecule has 3 aromatic rings. The van der Waals surface area contributed by atoms with Crippen LogP contribution in [0.2, 0.25) is 0 Å². The van der Waals surface area contributed by atoms with Crippen LogP contribution in [0, 0.1) is 0 Å². The molecule has 0 atom stereocenters. The van der Waals surface area contributed by atoms with Crippen molar-refractivity contribution in [2.75, 3.05) is 13.1 Å². The van der Waals surface area contributed by atoms with Gasteiger partial charge in [-0.15, -0.1) is 0 Å². The first kappa shape index (κ1) is 24.1. The molecule has 9 heteroatoms. The number of nitrogens with zero attached hydrogens (tertiary/aromatic N) is 3. The lowest BCUT2D eigenvalue weighted by atomic mass is 9.72. The standard InChI is InChI=1S/C26H29N5O4/c1-3-15-31-24(34)21-12-8-7-11-20(21)22(29-31)23(33)27-28-25(35)26(19-9-5-4-6-10-19)13-16-30(17-14-26)18(2)32/h4-12H,3,13-17H2,1-2H3,(H,27,33)(H,28,35). The summed E-state index contributed by atoms with van der Waals surface area (Å²) < 4.78 is 1.28. The molecule has 2 aromatic carbocycles. The molecule has 9 nitrogen and oxygen atoms in total. The predicted octanol–water partition coefficient (Wildman–Crippen LogP) is 2.15. The summed E-state index contributed by atoms with van der Waals surface area (Å²) in [6.07, 6.45) is 1.54. The molecule has 1 aliphatic heterocycles. The van der Waals surface area contributed by atoms with Crippen LogP contribution in [0.15, 0.2) is 59.4 Å². The Bertz CT molecular complexity index is 1310. The Kier molecular flexibility index (Phi) is 6.95. The smallest absolute Gasteiger partial charge is 0.290 e. The second kappa shape index (κ2) is 10.1. The molecule has 2 N–H and O–H groups in total. The number of hydrogen-bond donors (Lipinski definition) is 2. The van der Waals surface area contributed by atoms with E-state index in [0.717, 1.165) is 5.56 Å². The number of fused-ring (bicyclic) bond motifs is 1. The fourth-order valence-electron chi connectivity index (χ4n) is 4.67. The van der Waals surface area contributed by atoms with E-state index >= 15 is 0 Å². The quantitative estimate of drug-likeness (QED) is 0.549. The first-order valence-electron chi connectivity index (χ1n) is 11.8. The van der Waals surface area contributed by atoms with Gasteiger partial charge in [0.25, 0.3) is 11.5 Å². The third-order valence-corrected chi connectivity index (χ3v) is 6.63. The summed E-state index contributed by atoms with van der Waals surface area (Å²) in [7, 11) is 0. The minimum Gasteiger partial charge on any atom is -0.343 e. The van der Waals surface area contributed by atoms with Crippen LogP contribution in [0.3, 0.4) is 0 Å². The Morgan fingerprint density at radius 3 is 2.20 bits per heavy atom. The number of hydrazine groups is 1. The predicted molar refractivity (Wildman–Crippen MR) is 132 cm³/mol. The molecule has 0 radical (unpaired) electrons. The van der Waals surface area contributed by atoms with E-state index in [9.17, 15) is 19.2 Å². The van der Waals surface area contributed by atoms with Gasteiger partial charge in [0.2, 0.25) is 11.8 Å². The van der Waals surface area contributed by atoms with E-state index in [2.05, 4.69) is 16.0 Å². The molecule has 35 heavy (non-hydrogen) atoms. The number of carbonyl (C=O) groups is 3. The molecule has 182 valence electrons. The fourth-order valence-corrected chi connectivity index (χ4v) is 4.67. The maximum absolute atomic E-state index is 13.5. The zero-order valence-electron chi connectivity index (χ0n) is 19.9. The van der Waals surface area contributed by atoms with E-state index in [1.54, 1.807) is 29.2 Å². The van der Waals surface area contributed by atoms with Crippen LogP contribution in [0.5, 0.6) is 0 Å². The number of aromatic nitrogens is 2. The number of hydrogen-bond acceptors (Lipinski definition) is 5. The first-order chi connectivity index (χ1) is 16.9. The fraction of sp³-hybridized carbons (Fsp3) is 0.346. The summed E-state index contributed by atoms with van der Waals surface area (Å²) in [4.78, 5) is 52.9. The molecule has 0 unspecified atom stereocenters. The number of likely N-dealkylation sites (tertiary alicyclic amines) is 1. The molecule has 1 aromatic heterocycles. The molecular formula is C26H29N5O4. The minimum absolute atomic E-state index is 0.0273. The largest absolute Gasteiger partial charge is 0.343 e. The average molecular weight is 476 g/mol. The summed E-state index contributed by atoms with van der Waals surface area (Å²) in [5, 5.41) is 5.10. The topological polar surface area (TPSA) is 113 Å². The highest BCUT2D eigenvalue weighted by atomic mass is 16.2. The van der Waals surface area contributed by atoms with E-state index in [1.165, 1.54) is 11.6 Å². The molecule has 0 spiro atoms. The highest BCUT2D eigenvalue weighted by molar-refractivity contribution is 6.05. The Morgan fingerprint density at radius 1 is 0.943 bits per heavy atom. The van der Waals surface area contributed by atoms with E-state index in [0.29, 0.717) is 49.7 Å². The Balaban J connectivity index is 1.60. The lowest BCUT2D eigenvalue weighted by Crippen LogP contribution is -2.56. The Hall–Kier alpha value is -4.01. The SMILES string of the molecule is CCCn1nc(C(=O)NNC(=O)C2(c3ccccc3)CCN(C(C)=O)CC2)c2ccccc2c1=O. The lowest BCUT2D eigenvalue weighted by molar-refractivity contribution is -0.135. The lowest BCUT2D eigenvalue weighted by Gasteiger charge is -2.40. The van der Waals surface area contributed by atoms with E-state index < -0.39 is 11.3 Å². The monoisotopic (exact) mass is 475 g/mol. The van der Waals surface area contributed by atoms with E-state index in [-0.39, 0.29) is 23.1 Å². The van der Waals surface area contributed by atoms with Crippen molar-refractivity contribution in [1.29, 1.82) is 0 Å². The summed E-state index contributed by atoms with van der Waals surface area (Å²) in [5.74, 6) is -0.990. The summed E-state index contributed by atoms with van der Waals surface area (Å²) >= 11 is 0. The molecule has 4 rings (SSSR count). The number of aryl methyl sites for hydroxylation is 1. The molecule has 0 saturated carbocycles.